The molecule has 1 aromatic heterocycles. The van der Waals surface area contributed by atoms with Crippen LogP contribution >= 0.6 is 0 Å². The van der Waals surface area contributed by atoms with E-state index >= 15 is 0 Å². The number of aromatic nitrogens is 2. The number of carbonyl (C=O) groups is 1. The summed E-state index contributed by atoms with van der Waals surface area (Å²) < 4.78 is 26.2. The molecule has 2 rings (SSSR count). The van der Waals surface area contributed by atoms with Crippen molar-refractivity contribution in [2.24, 2.45) is 0 Å². The first-order chi connectivity index (χ1) is 11.9. The molecule has 2 aromatic rings. The molecule has 0 aliphatic rings. The van der Waals surface area contributed by atoms with E-state index < -0.39 is 16.0 Å². The maximum Gasteiger partial charge on any atom is 0.356 e. The average Bonchev–Trinajstić information content (AvgIpc) is 2.61. The number of aromatic carboxylic acids is 1. The van der Waals surface area contributed by atoms with Gasteiger partial charge in [0.25, 0.3) is 0 Å². The van der Waals surface area contributed by atoms with Crippen LogP contribution in [-0.2, 0) is 16.6 Å². The van der Waals surface area contributed by atoms with E-state index in [9.17, 15) is 13.2 Å². The third kappa shape index (κ3) is 4.52. The maximum atomic E-state index is 12.4. The fraction of sp³-hybridized carbons (Fsp3) is 0.312. The van der Waals surface area contributed by atoms with Crippen LogP contribution in [0.2, 0.25) is 0 Å². The summed E-state index contributed by atoms with van der Waals surface area (Å²) >= 11 is 0. The highest BCUT2D eigenvalue weighted by molar-refractivity contribution is 7.89. The molecule has 0 bridgehead atoms. The zero-order valence-corrected chi connectivity index (χ0v) is 14.8. The predicted molar refractivity (Wildman–Crippen MR) is 92.9 cm³/mol. The van der Waals surface area contributed by atoms with Gasteiger partial charge in [-0.1, -0.05) is 26.0 Å². The fourth-order valence-electron chi connectivity index (χ4n) is 2.21. The van der Waals surface area contributed by atoms with Gasteiger partial charge in [0, 0.05) is 19.6 Å². The summed E-state index contributed by atoms with van der Waals surface area (Å²) in [5, 5.41) is 11.8. The monoisotopic (exact) mass is 364 g/mol. The third-order valence-electron chi connectivity index (χ3n) is 3.61. The van der Waals surface area contributed by atoms with E-state index in [0.717, 1.165) is 5.56 Å². The number of hydrogen-bond acceptors (Lipinski definition) is 6. The van der Waals surface area contributed by atoms with Gasteiger partial charge in [0.15, 0.2) is 5.69 Å². The van der Waals surface area contributed by atoms with Gasteiger partial charge in [-0.25, -0.2) is 23.2 Å². The second-order valence-electron chi connectivity index (χ2n) is 5.18. The minimum absolute atomic E-state index is 0.128. The molecule has 0 amide bonds. The molecule has 2 N–H and O–H groups in total. The van der Waals surface area contributed by atoms with Gasteiger partial charge < -0.3 is 10.4 Å². The van der Waals surface area contributed by atoms with E-state index in [2.05, 4.69) is 15.3 Å². The maximum absolute atomic E-state index is 12.4. The molecular weight excluding hydrogens is 344 g/mol. The SMILES string of the molecule is CCN(CC)S(=O)(=O)c1ccc(CNc2cnc(C(=O)O)cn2)cc1. The molecule has 25 heavy (non-hydrogen) atoms. The lowest BCUT2D eigenvalue weighted by Gasteiger charge is -2.18. The van der Waals surface area contributed by atoms with Crippen molar-refractivity contribution < 1.29 is 18.3 Å². The van der Waals surface area contributed by atoms with Gasteiger partial charge >= 0.3 is 5.97 Å². The van der Waals surface area contributed by atoms with Crippen molar-refractivity contribution in [3.8, 4) is 0 Å². The molecule has 0 aliphatic heterocycles. The van der Waals surface area contributed by atoms with Gasteiger partial charge in [-0.05, 0) is 17.7 Å². The largest absolute Gasteiger partial charge is 0.476 e. The highest BCUT2D eigenvalue weighted by Gasteiger charge is 2.21. The van der Waals surface area contributed by atoms with Gasteiger partial charge in [-0.3, -0.25) is 0 Å². The summed E-state index contributed by atoms with van der Waals surface area (Å²) in [6, 6.07) is 6.60. The van der Waals surface area contributed by atoms with Crippen LogP contribution in [0.5, 0.6) is 0 Å². The fourth-order valence-corrected chi connectivity index (χ4v) is 3.67. The Morgan fingerprint density at radius 2 is 1.76 bits per heavy atom. The number of carboxylic acid groups (broad SMARTS) is 1. The number of carboxylic acids is 1. The van der Waals surface area contributed by atoms with Crippen LogP contribution in [0.25, 0.3) is 0 Å². The molecule has 9 heteroatoms. The topological polar surface area (TPSA) is 112 Å². The highest BCUT2D eigenvalue weighted by Crippen LogP contribution is 2.16. The number of anilines is 1. The van der Waals surface area contributed by atoms with Gasteiger partial charge in [0.1, 0.15) is 5.82 Å². The molecule has 8 nitrogen and oxygen atoms in total. The highest BCUT2D eigenvalue weighted by atomic mass is 32.2. The Labute approximate surface area is 146 Å². The number of hydrogen-bond donors (Lipinski definition) is 2. The van der Waals surface area contributed by atoms with Gasteiger partial charge in [0.2, 0.25) is 10.0 Å². The first-order valence-corrected chi connectivity index (χ1v) is 9.20. The van der Waals surface area contributed by atoms with Crippen LogP contribution in [0.15, 0.2) is 41.6 Å². The second-order valence-corrected chi connectivity index (χ2v) is 7.12. The lowest BCUT2D eigenvalue weighted by molar-refractivity contribution is 0.0690. The van der Waals surface area contributed by atoms with E-state index in [1.165, 1.54) is 16.7 Å². The van der Waals surface area contributed by atoms with Crippen molar-refractivity contribution in [1.29, 1.82) is 0 Å². The standard InChI is InChI=1S/C16H20N4O4S/c1-3-20(4-2)25(23,24)13-7-5-12(6-8-13)9-18-15-11-17-14(10-19-15)16(21)22/h5-8,10-11H,3-4,9H2,1-2H3,(H,18,19)(H,21,22). The van der Waals surface area contributed by atoms with Gasteiger partial charge in [-0.15, -0.1) is 0 Å². The van der Waals surface area contributed by atoms with Crippen molar-refractivity contribution in [1.82, 2.24) is 14.3 Å². The number of nitrogens with zero attached hydrogens (tertiary/aromatic N) is 3. The molecule has 0 saturated heterocycles. The van der Waals surface area contributed by atoms with Crippen molar-refractivity contribution in [2.75, 3.05) is 18.4 Å². The van der Waals surface area contributed by atoms with Crippen LogP contribution in [0.3, 0.4) is 0 Å². The Bertz CT molecular complexity index is 816. The molecule has 0 aliphatic carbocycles. The van der Waals surface area contributed by atoms with E-state index in [-0.39, 0.29) is 10.6 Å². The number of benzene rings is 1. The molecule has 0 atom stereocenters. The zero-order chi connectivity index (χ0) is 18.4. The van der Waals surface area contributed by atoms with Gasteiger partial charge in [0.05, 0.1) is 17.3 Å². The van der Waals surface area contributed by atoms with Crippen molar-refractivity contribution in [3.63, 3.8) is 0 Å². The number of sulfonamides is 1. The normalized spacial score (nSPS) is 11.5. The Morgan fingerprint density at radius 1 is 1.12 bits per heavy atom. The van der Waals surface area contributed by atoms with Crippen molar-refractivity contribution in [2.45, 2.75) is 25.3 Å². The third-order valence-corrected chi connectivity index (χ3v) is 5.68. The molecule has 1 aromatic carbocycles. The number of nitrogens with one attached hydrogen (secondary N) is 1. The predicted octanol–water partition coefficient (Wildman–Crippen LogP) is 1.82. The first-order valence-electron chi connectivity index (χ1n) is 7.76. The molecule has 0 spiro atoms. The molecule has 134 valence electrons. The van der Waals surface area contributed by atoms with Crippen LogP contribution < -0.4 is 5.32 Å². The minimum Gasteiger partial charge on any atom is -0.476 e. The Balaban J connectivity index is 2.04. The summed E-state index contributed by atoms with van der Waals surface area (Å²) in [6.45, 7) is 4.86. The molecule has 1 heterocycles. The molecule has 0 saturated carbocycles. The molecular formula is C16H20N4O4S. The van der Waals surface area contributed by atoms with Crippen molar-refractivity contribution >= 4 is 21.8 Å². The van der Waals surface area contributed by atoms with E-state index in [1.54, 1.807) is 38.1 Å². The smallest absolute Gasteiger partial charge is 0.356 e. The summed E-state index contributed by atoms with van der Waals surface area (Å²) in [4.78, 5) is 18.7. The summed E-state index contributed by atoms with van der Waals surface area (Å²) in [5.74, 6) is -0.700. The summed E-state index contributed by atoms with van der Waals surface area (Å²) in [7, 11) is -3.46. The quantitative estimate of drug-likeness (QED) is 0.734. The summed E-state index contributed by atoms with van der Waals surface area (Å²) in [5.41, 5.74) is 0.735. The van der Waals surface area contributed by atoms with Crippen LogP contribution in [-0.4, -0.2) is 46.9 Å². The van der Waals surface area contributed by atoms with Crippen LogP contribution in [0.1, 0.15) is 29.9 Å². The zero-order valence-electron chi connectivity index (χ0n) is 14.0. The van der Waals surface area contributed by atoms with Crippen LogP contribution in [0.4, 0.5) is 5.82 Å². The van der Waals surface area contributed by atoms with Gasteiger partial charge in [-0.2, -0.15) is 4.31 Å². The Morgan fingerprint density at radius 3 is 2.24 bits per heavy atom. The summed E-state index contributed by atoms with van der Waals surface area (Å²) in [6.07, 6.45) is 2.51. The number of rotatable bonds is 8. The lowest BCUT2D eigenvalue weighted by Crippen LogP contribution is -2.30. The molecule has 0 unspecified atom stereocenters. The van der Waals surface area contributed by atoms with E-state index in [1.807, 2.05) is 0 Å². The Hall–Kier alpha value is -2.52. The minimum atomic E-state index is -3.46. The van der Waals surface area contributed by atoms with Crippen LogP contribution in [0, 0.1) is 0 Å². The second kappa shape index (κ2) is 8.04. The van der Waals surface area contributed by atoms with E-state index in [4.69, 9.17) is 5.11 Å². The van der Waals surface area contributed by atoms with E-state index in [0.29, 0.717) is 25.5 Å². The first kappa shape index (κ1) is 18.8. The molecule has 0 radical (unpaired) electrons. The lowest BCUT2D eigenvalue weighted by atomic mass is 10.2. The Kier molecular flexibility index (Phi) is 6.05. The average molecular weight is 364 g/mol. The molecule has 0 fully saturated rings. The van der Waals surface area contributed by atoms with Crippen molar-refractivity contribution in [3.05, 3.63) is 47.9 Å².